The molecule has 0 bridgehead atoms. The lowest BCUT2D eigenvalue weighted by atomic mass is 10.0. The van der Waals surface area contributed by atoms with Crippen LogP contribution in [0.4, 0.5) is 10.1 Å². The molecule has 4 nitrogen and oxygen atoms in total. The molecule has 1 fully saturated rings. The Morgan fingerprint density at radius 2 is 2.05 bits per heavy atom. The second-order valence-corrected chi connectivity index (χ2v) is 5.34. The highest BCUT2D eigenvalue weighted by Crippen LogP contribution is 2.28. The van der Waals surface area contributed by atoms with E-state index in [1.165, 1.54) is 6.07 Å². The molecule has 1 aliphatic rings. The molecule has 0 aromatic heterocycles. The van der Waals surface area contributed by atoms with E-state index in [0.717, 1.165) is 43.7 Å². The fourth-order valence-corrected chi connectivity index (χ4v) is 2.77. The summed E-state index contributed by atoms with van der Waals surface area (Å²) in [6, 6.07) is 5.30. The normalized spacial score (nSPS) is 16.4. The molecule has 0 spiro atoms. The number of rotatable bonds is 7. The van der Waals surface area contributed by atoms with Crippen LogP contribution in [0.3, 0.4) is 0 Å². The van der Waals surface area contributed by atoms with Crippen LogP contribution >= 0.6 is 0 Å². The van der Waals surface area contributed by atoms with Gasteiger partial charge in [-0.25, -0.2) is 4.39 Å². The average Bonchev–Trinajstić information content (AvgIpc) is 2.52. The van der Waals surface area contributed by atoms with Crippen LogP contribution in [0.1, 0.15) is 18.4 Å². The molecule has 5 heteroatoms. The minimum atomic E-state index is -0.142. The fraction of sp³-hybridized carbons (Fsp3) is 0.625. The predicted molar refractivity (Wildman–Crippen MR) is 82.2 cm³/mol. The van der Waals surface area contributed by atoms with Gasteiger partial charge in [-0.15, -0.1) is 0 Å². The van der Waals surface area contributed by atoms with Crippen molar-refractivity contribution in [3.8, 4) is 0 Å². The fourth-order valence-electron chi connectivity index (χ4n) is 2.77. The van der Waals surface area contributed by atoms with Gasteiger partial charge in [0.05, 0.1) is 18.4 Å². The number of hydrogen-bond donors (Lipinski definition) is 1. The van der Waals surface area contributed by atoms with Crippen LogP contribution < -0.4 is 10.2 Å². The Balaban J connectivity index is 2.03. The second kappa shape index (κ2) is 8.32. The van der Waals surface area contributed by atoms with E-state index in [1.54, 1.807) is 20.3 Å². The third-order valence-electron chi connectivity index (χ3n) is 3.96. The highest BCUT2D eigenvalue weighted by atomic mass is 19.1. The molecule has 0 radical (unpaired) electrons. The SMILES string of the molecule is COCCNCc1cccc(F)c1N1CCC(OC)CC1. The Morgan fingerprint density at radius 3 is 2.71 bits per heavy atom. The lowest BCUT2D eigenvalue weighted by molar-refractivity contribution is 0.0817. The molecule has 0 atom stereocenters. The zero-order chi connectivity index (χ0) is 15.1. The van der Waals surface area contributed by atoms with Crippen LogP contribution in [-0.2, 0) is 16.0 Å². The molecule has 0 amide bonds. The molecule has 0 aliphatic carbocycles. The third-order valence-corrected chi connectivity index (χ3v) is 3.96. The number of nitrogens with one attached hydrogen (secondary N) is 1. The quantitative estimate of drug-likeness (QED) is 0.782. The summed E-state index contributed by atoms with van der Waals surface area (Å²) in [5.41, 5.74) is 1.74. The van der Waals surface area contributed by atoms with Gasteiger partial charge in [0.15, 0.2) is 0 Å². The van der Waals surface area contributed by atoms with E-state index in [2.05, 4.69) is 10.2 Å². The number of halogens is 1. The molecule has 1 saturated heterocycles. The van der Waals surface area contributed by atoms with E-state index in [-0.39, 0.29) is 5.82 Å². The van der Waals surface area contributed by atoms with Gasteiger partial charge in [-0.1, -0.05) is 12.1 Å². The van der Waals surface area contributed by atoms with Gasteiger partial charge in [-0.2, -0.15) is 0 Å². The Morgan fingerprint density at radius 1 is 1.29 bits per heavy atom. The van der Waals surface area contributed by atoms with Gasteiger partial charge < -0.3 is 19.7 Å². The predicted octanol–water partition coefficient (Wildman–Crippen LogP) is 2.18. The molecule has 0 saturated carbocycles. The number of ether oxygens (including phenoxy) is 2. The number of methoxy groups -OCH3 is 2. The van der Waals surface area contributed by atoms with Crippen molar-refractivity contribution in [2.45, 2.75) is 25.5 Å². The lowest BCUT2D eigenvalue weighted by Gasteiger charge is -2.34. The van der Waals surface area contributed by atoms with Crippen molar-refractivity contribution >= 4 is 5.69 Å². The van der Waals surface area contributed by atoms with Gasteiger partial charge in [0.1, 0.15) is 5.82 Å². The van der Waals surface area contributed by atoms with E-state index in [0.29, 0.717) is 19.3 Å². The van der Waals surface area contributed by atoms with Crippen molar-refractivity contribution in [1.29, 1.82) is 0 Å². The smallest absolute Gasteiger partial charge is 0.146 e. The molecule has 1 aromatic carbocycles. The van der Waals surface area contributed by atoms with Crippen LogP contribution in [0, 0.1) is 5.82 Å². The zero-order valence-electron chi connectivity index (χ0n) is 12.9. The maximum atomic E-state index is 14.3. The molecule has 21 heavy (non-hydrogen) atoms. The molecular weight excluding hydrogens is 271 g/mol. The molecule has 2 rings (SSSR count). The van der Waals surface area contributed by atoms with Gasteiger partial charge in [-0.05, 0) is 24.5 Å². The van der Waals surface area contributed by atoms with Crippen molar-refractivity contribution in [3.63, 3.8) is 0 Å². The first-order chi connectivity index (χ1) is 10.3. The Bertz CT molecular complexity index is 434. The molecule has 0 unspecified atom stereocenters. The van der Waals surface area contributed by atoms with Crippen molar-refractivity contribution < 1.29 is 13.9 Å². The molecule has 1 heterocycles. The standard InChI is InChI=1S/C16H25FN2O2/c1-20-11-8-18-12-13-4-3-5-15(17)16(13)19-9-6-14(21-2)7-10-19/h3-5,14,18H,6-12H2,1-2H3. The van der Waals surface area contributed by atoms with Crippen molar-refractivity contribution in [1.82, 2.24) is 5.32 Å². The Labute approximate surface area is 126 Å². The van der Waals surface area contributed by atoms with Gasteiger partial charge in [0, 0.05) is 40.4 Å². The number of piperidine rings is 1. The minimum Gasteiger partial charge on any atom is -0.383 e. The first kappa shape index (κ1) is 16.2. The summed E-state index contributed by atoms with van der Waals surface area (Å²) in [6.45, 7) is 3.75. The molecule has 1 aliphatic heterocycles. The largest absolute Gasteiger partial charge is 0.383 e. The average molecular weight is 296 g/mol. The van der Waals surface area contributed by atoms with Crippen LogP contribution in [-0.4, -0.2) is 46.6 Å². The topological polar surface area (TPSA) is 33.7 Å². The van der Waals surface area contributed by atoms with Gasteiger partial charge in [0.25, 0.3) is 0 Å². The number of hydrogen-bond acceptors (Lipinski definition) is 4. The van der Waals surface area contributed by atoms with E-state index in [4.69, 9.17) is 9.47 Å². The van der Waals surface area contributed by atoms with Crippen molar-refractivity contribution in [2.75, 3.05) is 45.4 Å². The summed E-state index contributed by atoms with van der Waals surface area (Å²) in [5, 5.41) is 3.29. The maximum absolute atomic E-state index is 14.3. The summed E-state index contributed by atoms with van der Waals surface area (Å²) in [6.07, 6.45) is 2.19. The first-order valence-electron chi connectivity index (χ1n) is 7.51. The van der Waals surface area contributed by atoms with E-state index >= 15 is 0 Å². The van der Waals surface area contributed by atoms with Crippen LogP contribution in [0.15, 0.2) is 18.2 Å². The summed E-state index contributed by atoms with van der Waals surface area (Å²) < 4.78 is 24.7. The first-order valence-corrected chi connectivity index (χ1v) is 7.51. The van der Waals surface area contributed by atoms with E-state index in [1.807, 2.05) is 6.07 Å². The van der Waals surface area contributed by atoms with Crippen molar-refractivity contribution in [2.24, 2.45) is 0 Å². The summed E-state index contributed by atoms with van der Waals surface area (Å²) >= 11 is 0. The van der Waals surface area contributed by atoms with Crippen LogP contribution in [0.2, 0.25) is 0 Å². The van der Waals surface area contributed by atoms with Crippen molar-refractivity contribution in [3.05, 3.63) is 29.6 Å². The third kappa shape index (κ3) is 4.40. The van der Waals surface area contributed by atoms with Crippen LogP contribution in [0.25, 0.3) is 0 Å². The minimum absolute atomic E-state index is 0.142. The number of anilines is 1. The lowest BCUT2D eigenvalue weighted by Crippen LogP contribution is -2.38. The molecule has 1 N–H and O–H groups in total. The zero-order valence-corrected chi connectivity index (χ0v) is 12.9. The monoisotopic (exact) mass is 296 g/mol. The van der Waals surface area contributed by atoms with E-state index < -0.39 is 0 Å². The van der Waals surface area contributed by atoms with Gasteiger partial charge >= 0.3 is 0 Å². The Hall–Kier alpha value is -1.17. The molecule has 118 valence electrons. The highest BCUT2D eigenvalue weighted by molar-refractivity contribution is 5.55. The molecule has 1 aromatic rings. The molecular formula is C16H25FN2O2. The summed E-state index contributed by atoms with van der Waals surface area (Å²) in [4.78, 5) is 2.14. The highest BCUT2D eigenvalue weighted by Gasteiger charge is 2.22. The maximum Gasteiger partial charge on any atom is 0.146 e. The van der Waals surface area contributed by atoms with Crippen LogP contribution in [0.5, 0.6) is 0 Å². The Kier molecular flexibility index (Phi) is 6.42. The van der Waals surface area contributed by atoms with Gasteiger partial charge in [-0.3, -0.25) is 0 Å². The number of nitrogens with zero attached hydrogens (tertiary/aromatic N) is 1. The summed E-state index contributed by atoms with van der Waals surface area (Å²) in [5.74, 6) is -0.142. The van der Waals surface area contributed by atoms with Gasteiger partial charge in [0.2, 0.25) is 0 Å². The number of para-hydroxylation sites is 1. The number of benzene rings is 1. The summed E-state index contributed by atoms with van der Waals surface area (Å²) in [7, 11) is 3.42. The second-order valence-electron chi connectivity index (χ2n) is 5.34. The van der Waals surface area contributed by atoms with E-state index in [9.17, 15) is 4.39 Å².